The van der Waals surface area contributed by atoms with E-state index in [1.54, 1.807) is 0 Å². The molecule has 1 saturated heterocycles. The summed E-state index contributed by atoms with van der Waals surface area (Å²) in [5.41, 5.74) is 1.46. The fourth-order valence-corrected chi connectivity index (χ4v) is 2.78. The van der Waals surface area contributed by atoms with Gasteiger partial charge in [0.15, 0.2) is 0 Å². The molecule has 0 bridgehead atoms. The predicted octanol–water partition coefficient (Wildman–Crippen LogP) is 3.70. The lowest BCUT2D eigenvalue weighted by atomic mass is 9.97. The van der Waals surface area contributed by atoms with Gasteiger partial charge in [-0.15, -0.1) is 0 Å². The molecule has 0 saturated carbocycles. The fraction of sp³-hybridized carbons (Fsp3) is 0.600. The maximum absolute atomic E-state index is 2.67. The first-order chi connectivity index (χ1) is 7.81. The molecule has 88 valence electrons. The van der Waals surface area contributed by atoms with Crippen molar-refractivity contribution in [3.63, 3.8) is 0 Å². The SMILES string of the molecule is CCC(C)C1CCCN1Cc1ccccc1. The summed E-state index contributed by atoms with van der Waals surface area (Å²) in [5, 5.41) is 0. The molecule has 0 aliphatic carbocycles. The molecule has 1 nitrogen and oxygen atoms in total. The molecule has 1 aromatic rings. The van der Waals surface area contributed by atoms with E-state index < -0.39 is 0 Å². The monoisotopic (exact) mass is 217 g/mol. The molecule has 2 atom stereocenters. The summed E-state index contributed by atoms with van der Waals surface area (Å²) in [6, 6.07) is 11.7. The first-order valence-corrected chi connectivity index (χ1v) is 6.59. The third-order valence-corrected chi connectivity index (χ3v) is 3.94. The second-order valence-corrected chi connectivity index (χ2v) is 5.05. The van der Waals surface area contributed by atoms with Gasteiger partial charge in [0.1, 0.15) is 0 Å². The first kappa shape index (κ1) is 11.7. The minimum atomic E-state index is 0.810. The van der Waals surface area contributed by atoms with Crippen molar-refractivity contribution in [3.8, 4) is 0 Å². The fourth-order valence-electron chi connectivity index (χ4n) is 2.78. The van der Waals surface area contributed by atoms with E-state index in [0.717, 1.165) is 18.5 Å². The minimum Gasteiger partial charge on any atom is -0.296 e. The molecule has 1 aliphatic rings. The second-order valence-electron chi connectivity index (χ2n) is 5.05. The van der Waals surface area contributed by atoms with Crippen LogP contribution < -0.4 is 0 Å². The van der Waals surface area contributed by atoms with Gasteiger partial charge >= 0.3 is 0 Å². The Labute approximate surface area is 99.5 Å². The topological polar surface area (TPSA) is 3.24 Å². The van der Waals surface area contributed by atoms with Crippen molar-refractivity contribution in [2.24, 2.45) is 5.92 Å². The van der Waals surface area contributed by atoms with Gasteiger partial charge in [-0.3, -0.25) is 4.90 Å². The van der Waals surface area contributed by atoms with Crippen molar-refractivity contribution in [1.82, 2.24) is 4.90 Å². The zero-order valence-electron chi connectivity index (χ0n) is 10.5. The Morgan fingerprint density at radius 1 is 1.31 bits per heavy atom. The second kappa shape index (κ2) is 5.49. The van der Waals surface area contributed by atoms with Crippen molar-refractivity contribution < 1.29 is 0 Å². The number of likely N-dealkylation sites (tertiary alicyclic amines) is 1. The largest absolute Gasteiger partial charge is 0.296 e. The molecule has 0 aromatic heterocycles. The quantitative estimate of drug-likeness (QED) is 0.743. The normalized spacial score (nSPS) is 23.5. The van der Waals surface area contributed by atoms with E-state index in [9.17, 15) is 0 Å². The first-order valence-electron chi connectivity index (χ1n) is 6.59. The van der Waals surface area contributed by atoms with Gasteiger partial charge in [0.25, 0.3) is 0 Å². The van der Waals surface area contributed by atoms with Crippen molar-refractivity contribution in [3.05, 3.63) is 35.9 Å². The van der Waals surface area contributed by atoms with Crippen LogP contribution in [0.15, 0.2) is 30.3 Å². The summed E-state index contributed by atoms with van der Waals surface area (Å²) < 4.78 is 0. The van der Waals surface area contributed by atoms with Crippen LogP contribution in [0.3, 0.4) is 0 Å². The summed E-state index contributed by atoms with van der Waals surface area (Å²) in [7, 11) is 0. The highest BCUT2D eigenvalue weighted by Gasteiger charge is 2.27. The molecule has 1 heteroatoms. The van der Waals surface area contributed by atoms with Crippen molar-refractivity contribution in [2.75, 3.05) is 6.54 Å². The van der Waals surface area contributed by atoms with E-state index in [0.29, 0.717) is 0 Å². The summed E-state index contributed by atoms with van der Waals surface area (Å²) in [6.45, 7) is 7.12. The van der Waals surface area contributed by atoms with E-state index in [4.69, 9.17) is 0 Å². The van der Waals surface area contributed by atoms with Crippen LogP contribution in [0.4, 0.5) is 0 Å². The smallest absolute Gasteiger partial charge is 0.0236 e. The molecular formula is C15H23N. The molecule has 1 fully saturated rings. The lowest BCUT2D eigenvalue weighted by Gasteiger charge is -2.29. The Morgan fingerprint density at radius 2 is 2.06 bits per heavy atom. The van der Waals surface area contributed by atoms with Crippen LogP contribution >= 0.6 is 0 Å². The standard InChI is InChI=1S/C15H23N/c1-3-13(2)15-10-7-11-16(15)12-14-8-5-4-6-9-14/h4-6,8-9,13,15H,3,7,10-12H2,1-2H3. The Kier molecular flexibility index (Phi) is 4.00. The molecule has 2 rings (SSSR count). The Morgan fingerprint density at radius 3 is 2.75 bits per heavy atom. The maximum atomic E-state index is 2.67. The minimum absolute atomic E-state index is 0.810. The molecule has 1 heterocycles. The molecule has 0 amide bonds. The van der Waals surface area contributed by atoms with Crippen LogP contribution in [0, 0.1) is 5.92 Å². The number of hydrogen-bond acceptors (Lipinski definition) is 1. The number of rotatable bonds is 4. The lowest BCUT2D eigenvalue weighted by Crippen LogP contribution is -2.33. The molecule has 0 spiro atoms. The van der Waals surface area contributed by atoms with E-state index in [1.807, 2.05) is 0 Å². The Balaban J connectivity index is 1.99. The predicted molar refractivity (Wildman–Crippen MR) is 69.3 cm³/mol. The van der Waals surface area contributed by atoms with Gasteiger partial charge in [-0.2, -0.15) is 0 Å². The highest BCUT2D eigenvalue weighted by Crippen LogP contribution is 2.27. The van der Waals surface area contributed by atoms with Gasteiger partial charge < -0.3 is 0 Å². The Hall–Kier alpha value is -0.820. The molecule has 16 heavy (non-hydrogen) atoms. The number of benzene rings is 1. The van der Waals surface area contributed by atoms with Gasteiger partial charge in [-0.25, -0.2) is 0 Å². The van der Waals surface area contributed by atoms with E-state index in [-0.39, 0.29) is 0 Å². The average Bonchev–Trinajstić information content (AvgIpc) is 2.77. The van der Waals surface area contributed by atoms with Crippen LogP contribution in [0.1, 0.15) is 38.7 Å². The summed E-state index contributed by atoms with van der Waals surface area (Å²) in [4.78, 5) is 2.67. The Bertz CT molecular complexity index is 306. The van der Waals surface area contributed by atoms with E-state index >= 15 is 0 Å². The lowest BCUT2D eigenvalue weighted by molar-refractivity contribution is 0.187. The molecule has 1 aliphatic heterocycles. The zero-order chi connectivity index (χ0) is 11.4. The molecule has 0 radical (unpaired) electrons. The van der Waals surface area contributed by atoms with Crippen LogP contribution in [0.25, 0.3) is 0 Å². The van der Waals surface area contributed by atoms with Crippen molar-refractivity contribution in [2.45, 2.75) is 45.7 Å². The van der Waals surface area contributed by atoms with Crippen LogP contribution in [-0.2, 0) is 6.54 Å². The zero-order valence-corrected chi connectivity index (χ0v) is 10.5. The van der Waals surface area contributed by atoms with E-state index in [2.05, 4.69) is 49.1 Å². The highest BCUT2D eigenvalue weighted by atomic mass is 15.2. The maximum Gasteiger partial charge on any atom is 0.0236 e. The molecule has 0 N–H and O–H groups in total. The summed E-state index contributed by atoms with van der Waals surface area (Å²) in [6.07, 6.45) is 4.07. The average molecular weight is 217 g/mol. The third-order valence-electron chi connectivity index (χ3n) is 3.94. The number of hydrogen-bond donors (Lipinski definition) is 0. The summed E-state index contributed by atoms with van der Waals surface area (Å²) in [5.74, 6) is 0.839. The van der Waals surface area contributed by atoms with Crippen molar-refractivity contribution >= 4 is 0 Å². The van der Waals surface area contributed by atoms with Gasteiger partial charge in [0.2, 0.25) is 0 Å². The highest BCUT2D eigenvalue weighted by molar-refractivity contribution is 5.14. The summed E-state index contributed by atoms with van der Waals surface area (Å²) >= 11 is 0. The third kappa shape index (κ3) is 2.65. The number of nitrogens with zero attached hydrogens (tertiary/aromatic N) is 1. The molecule has 2 unspecified atom stereocenters. The van der Waals surface area contributed by atoms with Gasteiger partial charge in [-0.05, 0) is 30.9 Å². The van der Waals surface area contributed by atoms with Crippen molar-refractivity contribution in [1.29, 1.82) is 0 Å². The van der Waals surface area contributed by atoms with Gasteiger partial charge in [-0.1, -0.05) is 50.6 Å². The van der Waals surface area contributed by atoms with Crippen LogP contribution in [0.2, 0.25) is 0 Å². The van der Waals surface area contributed by atoms with Gasteiger partial charge in [0.05, 0.1) is 0 Å². The van der Waals surface area contributed by atoms with Crippen LogP contribution in [-0.4, -0.2) is 17.5 Å². The van der Waals surface area contributed by atoms with Crippen LogP contribution in [0.5, 0.6) is 0 Å². The van der Waals surface area contributed by atoms with Gasteiger partial charge in [0, 0.05) is 12.6 Å². The molecular weight excluding hydrogens is 194 g/mol. The van der Waals surface area contributed by atoms with E-state index in [1.165, 1.54) is 31.4 Å². The molecule has 1 aromatic carbocycles.